The van der Waals surface area contributed by atoms with Crippen LogP contribution in [0, 0.1) is 6.92 Å². The average Bonchev–Trinajstić information content (AvgIpc) is 3.42. The van der Waals surface area contributed by atoms with Crippen LogP contribution in [0.15, 0.2) is 43.1 Å². The topological polar surface area (TPSA) is 123 Å². The van der Waals surface area contributed by atoms with Crippen molar-refractivity contribution < 1.29 is 14.3 Å². The fourth-order valence-corrected chi connectivity index (χ4v) is 4.87. The van der Waals surface area contributed by atoms with Gasteiger partial charge in [0.25, 0.3) is 11.8 Å². The zero-order valence-corrected chi connectivity index (χ0v) is 20.2. The number of nitrogens with zero attached hydrogens (tertiary/aromatic N) is 6. The molecule has 4 aromatic heterocycles. The first-order chi connectivity index (χ1) is 16.9. The molecule has 0 atom stereocenters. The lowest BCUT2D eigenvalue weighted by Crippen LogP contribution is -2.26. The normalized spacial score (nSPS) is 12.4. The minimum Gasteiger partial charge on any atom is -0.494 e. The Hall–Kier alpha value is -3.96. The summed E-state index contributed by atoms with van der Waals surface area (Å²) in [7, 11) is 1.53. The quantitative estimate of drug-likeness (QED) is 0.405. The highest BCUT2D eigenvalue weighted by molar-refractivity contribution is 7.16. The van der Waals surface area contributed by atoms with Crippen molar-refractivity contribution in [2.45, 2.75) is 20.0 Å². The molecule has 4 aromatic rings. The van der Waals surface area contributed by atoms with Gasteiger partial charge in [-0.05, 0) is 19.1 Å². The lowest BCUT2D eigenvalue weighted by Gasteiger charge is -2.14. The molecule has 1 aliphatic heterocycles. The lowest BCUT2D eigenvalue weighted by molar-refractivity contribution is 0.0744. The van der Waals surface area contributed by atoms with Gasteiger partial charge in [0.1, 0.15) is 16.6 Å². The van der Waals surface area contributed by atoms with Crippen LogP contribution in [0.3, 0.4) is 0 Å². The van der Waals surface area contributed by atoms with Gasteiger partial charge in [-0.15, -0.1) is 0 Å². The number of halogens is 1. The number of carbonyl (C=O) groups excluding carboxylic acids is 2. The van der Waals surface area contributed by atoms with Crippen molar-refractivity contribution >= 4 is 39.9 Å². The zero-order chi connectivity index (χ0) is 24.5. The molecule has 0 saturated carbocycles. The van der Waals surface area contributed by atoms with Gasteiger partial charge in [0, 0.05) is 35.4 Å². The first-order valence-corrected chi connectivity index (χ1v) is 11.6. The summed E-state index contributed by atoms with van der Waals surface area (Å²) in [6.45, 7) is 2.56. The second-order valence-electron chi connectivity index (χ2n) is 7.67. The highest BCUT2D eigenvalue weighted by Crippen LogP contribution is 2.35. The van der Waals surface area contributed by atoms with E-state index in [4.69, 9.17) is 16.3 Å². The summed E-state index contributed by atoms with van der Waals surface area (Å²) in [5, 5.41) is 3.58. The number of hydrogen-bond donors (Lipinski definition) is 1. The number of ether oxygens (including phenoxy) is 1. The van der Waals surface area contributed by atoms with Gasteiger partial charge in [-0.2, -0.15) is 0 Å². The van der Waals surface area contributed by atoms with E-state index in [0.29, 0.717) is 40.7 Å². The van der Waals surface area contributed by atoms with E-state index in [0.717, 1.165) is 16.3 Å². The van der Waals surface area contributed by atoms with Crippen molar-refractivity contribution in [2.24, 2.45) is 0 Å². The van der Waals surface area contributed by atoms with E-state index in [9.17, 15) is 9.59 Å². The molecule has 0 bridgehead atoms. The summed E-state index contributed by atoms with van der Waals surface area (Å²) in [6.07, 6.45) is 7.45. The van der Waals surface area contributed by atoms with Crippen LogP contribution in [0.5, 0.6) is 5.75 Å². The Kier molecular flexibility index (Phi) is 6.10. The van der Waals surface area contributed by atoms with Crippen molar-refractivity contribution in [3.05, 3.63) is 75.8 Å². The number of aryl methyl sites for hydroxylation is 1. The number of methoxy groups -OCH3 is 1. The molecule has 0 saturated heterocycles. The zero-order valence-electron chi connectivity index (χ0n) is 18.6. The Morgan fingerprint density at radius 1 is 1.09 bits per heavy atom. The molecule has 176 valence electrons. The molecule has 1 aliphatic rings. The number of nitrogens with one attached hydrogen (secondary N) is 1. The summed E-state index contributed by atoms with van der Waals surface area (Å²) < 4.78 is 5.43. The molecular formula is C23H18ClN7O3S. The van der Waals surface area contributed by atoms with Crippen LogP contribution in [0.2, 0.25) is 5.15 Å². The van der Waals surface area contributed by atoms with Gasteiger partial charge < -0.3 is 9.64 Å². The van der Waals surface area contributed by atoms with E-state index in [1.807, 2.05) is 6.92 Å². The Morgan fingerprint density at radius 3 is 2.69 bits per heavy atom. The molecule has 12 heteroatoms. The molecule has 0 aliphatic carbocycles. The van der Waals surface area contributed by atoms with Crippen molar-refractivity contribution in [1.82, 2.24) is 29.8 Å². The number of aromatic nitrogens is 5. The minimum absolute atomic E-state index is 0.214. The molecule has 35 heavy (non-hydrogen) atoms. The Morgan fingerprint density at radius 2 is 1.94 bits per heavy atom. The van der Waals surface area contributed by atoms with Gasteiger partial charge >= 0.3 is 0 Å². The van der Waals surface area contributed by atoms with Gasteiger partial charge in [-0.3, -0.25) is 24.9 Å². The maximum Gasteiger partial charge on any atom is 0.274 e. The van der Waals surface area contributed by atoms with Crippen molar-refractivity contribution in [3.8, 4) is 16.9 Å². The van der Waals surface area contributed by atoms with Crippen molar-refractivity contribution in [2.75, 3.05) is 12.4 Å². The first kappa shape index (κ1) is 22.8. The molecule has 1 N–H and O–H groups in total. The lowest BCUT2D eigenvalue weighted by atomic mass is 10.0. The molecule has 0 radical (unpaired) electrons. The van der Waals surface area contributed by atoms with E-state index in [2.05, 4.69) is 30.2 Å². The van der Waals surface area contributed by atoms with E-state index in [-0.39, 0.29) is 22.7 Å². The Labute approximate surface area is 209 Å². The molecule has 0 unspecified atom stereocenters. The standard InChI is InChI=1S/C23H18ClN7O3S/c1-12-5-13(14-6-20(24)28-9-18(14)34-2)15(7-27-12)21(32)30-23-29-17-10-31(11-19(17)35-23)22(33)16-8-25-3-4-26-16/h3-9H,10-11H2,1-2H3,(H,29,30,32). The van der Waals surface area contributed by atoms with Gasteiger partial charge in [0.2, 0.25) is 0 Å². The summed E-state index contributed by atoms with van der Waals surface area (Å²) in [5.41, 5.74) is 3.33. The second-order valence-corrected chi connectivity index (χ2v) is 9.14. The van der Waals surface area contributed by atoms with E-state index in [1.165, 1.54) is 49.4 Å². The highest BCUT2D eigenvalue weighted by atomic mass is 35.5. The van der Waals surface area contributed by atoms with Crippen LogP contribution in [0.25, 0.3) is 11.1 Å². The molecule has 0 spiro atoms. The number of carbonyl (C=O) groups is 2. The highest BCUT2D eigenvalue weighted by Gasteiger charge is 2.29. The molecule has 5 heterocycles. The predicted octanol–water partition coefficient (Wildman–Crippen LogP) is 3.77. The predicted molar refractivity (Wildman–Crippen MR) is 129 cm³/mol. The average molecular weight is 508 g/mol. The van der Waals surface area contributed by atoms with Gasteiger partial charge in [-0.1, -0.05) is 22.9 Å². The molecule has 10 nitrogen and oxygen atoms in total. The first-order valence-electron chi connectivity index (χ1n) is 10.4. The Bertz CT molecular complexity index is 1420. The second kappa shape index (κ2) is 9.35. The van der Waals surface area contributed by atoms with Crippen LogP contribution in [-0.4, -0.2) is 48.7 Å². The SMILES string of the molecule is COc1cnc(Cl)cc1-c1cc(C)ncc1C(=O)Nc1nc2c(s1)CN(C(=O)c1cnccn1)C2. The largest absolute Gasteiger partial charge is 0.494 e. The number of thiazole rings is 1. The maximum absolute atomic E-state index is 13.2. The number of fused-ring (bicyclic) bond motifs is 1. The van der Waals surface area contributed by atoms with E-state index in [1.54, 1.807) is 17.0 Å². The monoisotopic (exact) mass is 507 g/mol. The minimum atomic E-state index is -0.373. The van der Waals surface area contributed by atoms with Crippen LogP contribution in [-0.2, 0) is 13.1 Å². The summed E-state index contributed by atoms with van der Waals surface area (Å²) >= 11 is 7.44. The van der Waals surface area contributed by atoms with E-state index < -0.39 is 0 Å². The maximum atomic E-state index is 13.2. The van der Waals surface area contributed by atoms with Crippen LogP contribution in [0.1, 0.15) is 37.1 Å². The molecule has 0 aromatic carbocycles. The number of pyridine rings is 2. The van der Waals surface area contributed by atoms with Gasteiger partial charge in [0.05, 0.1) is 48.7 Å². The molecular weight excluding hydrogens is 490 g/mol. The third-order valence-corrected chi connectivity index (χ3v) is 6.58. The number of rotatable bonds is 5. The fourth-order valence-electron chi connectivity index (χ4n) is 3.73. The van der Waals surface area contributed by atoms with Gasteiger partial charge in [0.15, 0.2) is 5.13 Å². The van der Waals surface area contributed by atoms with Crippen molar-refractivity contribution in [1.29, 1.82) is 0 Å². The van der Waals surface area contributed by atoms with Gasteiger partial charge in [-0.25, -0.2) is 15.0 Å². The van der Waals surface area contributed by atoms with Crippen LogP contribution < -0.4 is 10.1 Å². The van der Waals surface area contributed by atoms with Crippen LogP contribution in [0.4, 0.5) is 5.13 Å². The summed E-state index contributed by atoms with van der Waals surface area (Å²) in [5.74, 6) is -0.105. The Balaban J connectivity index is 1.37. The van der Waals surface area contributed by atoms with Crippen molar-refractivity contribution in [3.63, 3.8) is 0 Å². The number of amides is 2. The summed E-state index contributed by atoms with van der Waals surface area (Å²) in [4.78, 5) is 49.3. The smallest absolute Gasteiger partial charge is 0.274 e. The molecule has 5 rings (SSSR count). The van der Waals surface area contributed by atoms with Crippen LogP contribution >= 0.6 is 22.9 Å². The van der Waals surface area contributed by atoms with E-state index >= 15 is 0 Å². The third-order valence-electron chi connectivity index (χ3n) is 5.37. The molecule has 2 amide bonds. The summed E-state index contributed by atoms with van der Waals surface area (Å²) in [6, 6.07) is 3.44. The third kappa shape index (κ3) is 4.55. The number of hydrogen-bond acceptors (Lipinski definition) is 9. The fraction of sp³-hybridized carbons (Fsp3) is 0.174. The molecule has 0 fully saturated rings. The number of anilines is 1.